The lowest BCUT2D eigenvalue weighted by molar-refractivity contribution is -0.137. The number of hydrogen-bond acceptors (Lipinski definition) is 5. The molecule has 1 unspecified atom stereocenters. The van der Waals surface area contributed by atoms with Crippen LogP contribution in [0.5, 0.6) is 0 Å². The van der Waals surface area contributed by atoms with Crippen molar-refractivity contribution in [2.24, 2.45) is 4.36 Å². The van der Waals surface area contributed by atoms with Gasteiger partial charge in [0.05, 0.1) is 6.04 Å². The summed E-state index contributed by atoms with van der Waals surface area (Å²) in [6, 6.07) is 4.10. The van der Waals surface area contributed by atoms with E-state index in [1.807, 2.05) is 17.5 Å². The van der Waals surface area contributed by atoms with Crippen molar-refractivity contribution in [1.82, 2.24) is 10.2 Å². The van der Waals surface area contributed by atoms with Gasteiger partial charge in [-0.25, -0.2) is 4.21 Å². The number of nitrogens with one attached hydrogen (secondary N) is 1. The molecule has 1 aliphatic rings. The van der Waals surface area contributed by atoms with Gasteiger partial charge in [0.1, 0.15) is 0 Å². The molecule has 122 valence electrons. The molecule has 1 fully saturated rings. The molecule has 6 nitrogen and oxygen atoms in total. The van der Waals surface area contributed by atoms with Gasteiger partial charge >= 0.3 is 11.8 Å². The Morgan fingerprint density at radius 1 is 1.41 bits per heavy atom. The molecule has 1 aliphatic heterocycles. The van der Waals surface area contributed by atoms with Gasteiger partial charge < -0.3 is 5.32 Å². The highest BCUT2D eigenvalue weighted by Gasteiger charge is 2.25. The third kappa shape index (κ3) is 4.89. The zero-order chi connectivity index (χ0) is 16.2. The summed E-state index contributed by atoms with van der Waals surface area (Å²) in [4.78, 5) is 26.9. The molecule has 1 aromatic rings. The van der Waals surface area contributed by atoms with Gasteiger partial charge in [0, 0.05) is 33.7 Å². The highest BCUT2D eigenvalue weighted by atomic mass is 32.2. The minimum absolute atomic E-state index is 0.0758. The average molecular weight is 343 g/mol. The van der Waals surface area contributed by atoms with E-state index in [4.69, 9.17) is 0 Å². The molecule has 0 aromatic carbocycles. The van der Waals surface area contributed by atoms with Crippen molar-refractivity contribution < 1.29 is 13.8 Å². The fourth-order valence-electron chi connectivity index (χ4n) is 2.45. The van der Waals surface area contributed by atoms with E-state index in [1.54, 1.807) is 11.3 Å². The van der Waals surface area contributed by atoms with E-state index in [0.29, 0.717) is 6.54 Å². The van der Waals surface area contributed by atoms with Gasteiger partial charge in [-0.1, -0.05) is 6.07 Å². The Kier molecular flexibility index (Phi) is 5.71. The molecule has 1 saturated heterocycles. The first-order chi connectivity index (χ1) is 10.4. The molecule has 0 aliphatic carbocycles. The molecule has 1 N–H and O–H groups in total. The number of likely N-dealkylation sites (tertiary alicyclic amines) is 1. The van der Waals surface area contributed by atoms with Crippen LogP contribution in [0.1, 0.15) is 23.8 Å². The van der Waals surface area contributed by atoms with Crippen LogP contribution >= 0.6 is 11.3 Å². The molecular formula is C14H21N3O3S2. The lowest BCUT2D eigenvalue weighted by Crippen LogP contribution is -2.39. The summed E-state index contributed by atoms with van der Waals surface area (Å²) in [5.74, 6) is -1.77. The first kappa shape index (κ1) is 17.1. The Morgan fingerprint density at radius 3 is 2.64 bits per heavy atom. The van der Waals surface area contributed by atoms with Gasteiger partial charge in [0.15, 0.2) is 0 Å². The maximum absolute atomic E-state index is 11.8. The largest absolute Gasteiger partial charge is 0.346 e. The van der Waals surface area contributed by atoms with Crippen molar-refractivity contribution >= 4 is 32.9 Å². The van der Waals surface area contributed by atoms with E-state index >= 15 is 0 Å². The standard InChI is InChI=1S/C14H21N3O3S2/c1-22(2,20)16-14(19)13(18)15-10-11(12-6-5-9-21-12)17-7-3-4-8-17/h5-6,9,11H,3-4,7-8,10H2,1-2H3,(H,15,18). The van der Waals surface area contributed by atoms with Crippen LogP contribution in [0.4, 0.5) is 0 Å². The van der Waals surface area contributed by atoms with Gasteiger partial charge in [0.25, 0.3) is 0 Å². The van der Waals surface area contributed by atoms with E-state index in [-0.39, 0.29) is 6.04 Å². The summed E-state index contributed by atoms with van der Waals surface area (Å²) >= 11 is 1.64. The van der Waals surface area contributed by atoms with Gasteiger partial charge in [0.2, 0.25) is 0 Å². The Bertz CT molecular complexity index is 634. The van der Waals surface area contributed by atoms with E-state index in [9.17, 15) is 13.8 Å². The summed E-state index contributed by atoms with van der Waals surface area (Å²) in [5, 5.41) is 4.63. The summed E-state index contributed by atoms with van der Waals surface area (Å²) < 4.78 is 14.9. The number of carbonyl (C=O) groups is 2. The van der Waals surface area contributed by atoms with E-state index < -0.39 is 21.5 Å². The van der Waals surface area contributed by atoms with Crippen LogP contribution in [-0.2, 0) is 19.3 Å². The molecule has 2 rings (SSSR count). The minimum atomic E-state index is -2.61. The second-order valence-electron chi connectivity index (χ2n) is 5.56. The van der Waals surface area contributed by atoms with E-state index in [1.165, 1.54) is 17.4 Å². The number of hydrogen-bond donors (Lipinski definition) is 1. The molecular weight excluding hydrogens is 322 g/mol. The summed E-state index contributed by atoms with van der Waals surface area (Å²) in [5.41, 5.74) is 0. The third-order valence-corrected chi connectivity index (χ3v) is 4.99. The predicted molar refractivity (Wildman–Crippen MR) is 88.3 cm³/mol. The summed E-state index contributed by atoms with van der Waals surface area (Å²) in [6.45, 7) is 2.35. The Hall–Kier alpha value is -1.25. The smallest absolute Gasteiger partial charge is 0.343 e. The maximum atomic E-state index is 11.8. The van der Waals surface area contributed by atoms with Crippen LogP contribution in [-0.4, -0.2) is 53.1 Å². The van der Waals surface area contributed by atoms with Gasteiger partial charge in [-0.05, 0) is 37.4 Å². The Labute approximate surface area is 135 Å². The normalized spacial score (nSPS) is 17.2. The molecule has 0 saturated carbocycles. The van der Waals surface area contributed by atoms with Crippen molar-refractivity contribution in [2.45, 2.75) is 18.9 Å². The van der Waals surface area contributed by atoms with Gasteiger partial charge in [-0.15, -0.1) is 11.3 Å². The number of thiophene rings is 1. The number of rotatable bonds is 4. The third-order valence-electron chi connectivity index (χ3n) is 3.41. The first-order valence-electron chi connectivity index (χ1n) is 7.13. The van der Waals surface area contributed by atoms with Crippen LogP contribution in [0.2, 0.25) is 0 Å². The van der Waals surface area contributed by atoms with Crippen molar-refractivity contribution in [2.75, 3.05) is 32.1 Å². The summed E-state index contributed by atoms with van der Waals surface area (Å²) in [7, 11) is -2.61. The topological polar surface area (TPSA) is 78.8 Å². The fraction of sp³-hybridized carbons (Fsp3) is 0.571. The number of nitrogens with zero attached hydrogens (tertiary/aromatic N) is 2. The van der Waals surface area contributed by atoms with Crippen LogP contribution in [0, 0.1) is 0 Å². The SMILES string of the molecule is CS(C)(=O)=NC(=O)C(=O)NCC(c1cccs1)N1CCCC1. The van der Waals surface area contributed by atoms with Gasteiger partial charge in [-0.3, -0.25) is 14.5 Å². The van der Waals surface area contributed by atoms with Crippen molar-refractivity contribution in [1.29, 1.82) is 0 Å². The first-order valence-corrected chi connectivity index (χ1v) is 10.3. The molecule has 2 heterocycles. The highest BCUT2D eigenvalue weighted by molar-refractivity contribution is 7.92. The maximum Gasteiger partial charge on any atom is 0.343 e. The Morgan fingerprint density at radius 2 is 2.09 bits per heavy atom. The molecule has 0 radical (unpaired) electrons. The lowest BCUT2D eigenvalue weighted by Gasteiger charge is -2.26. The van der Waals surface area contributed by atoms with Gasteiger partial charge in [-0.2, -0.15) is 4.36 Å². The van der Waals surface area contributed by atoms with Crippen molar-refractivity contribution in [3.8, 4) is 0 Å². The molecule has 22 heavy (non-hydrogen) atoms. The van der Waals surface area contributed by atoms with Crippen LogP contribution < -0.4 is 5.32 Å². The van der Waals surface area contributed by atoms with E-state index in [0.717, 1.165) is 25.9 Å². The quantitative estimate of drug-likeness (QED) is 0.835. The van der Waals surface area contributed by atoms with Crippen molar-refractivity contribution in [3.05, 3.63) is 22.4 Å². The summed E-state index contributed by atoms with van der Waals surface area (Å²) in [6.07, 6.45) is 4.96. The van der Waals surface area contributed by atoms with E-state index in [2.05, 4.69) is 14.6 Å². The van der Waals surface area contributed by atoms with Crippen LogP contribution in [0.15, 0.2) is 21.9 Å². The molecule has 0 spiro atoms. The Balaban J connectivity index is 2.01. The average Bonchev–Trinajstić information content (AvgIpc) is 3.09. The fourth-order valence-corrected chi connectivity index (χ4v) is 3.79. The second kappa shape index (κ2) is 7.34. The van der Waals surface area contributed by atoms with Crippen LogP contribution in [0.25, 0.3) is 0 Å². The minimum Gasteiger partial charge on any atom is -0.346 e. The monoisotopic (exact) mass is 343 g/mol. The molecule has 1 aromatic heterocycles. The van der Waals surface area contributed by atoms with Crippen molar-refractivity contribution in [3.63, 3.8) is 0 Å². The predicted octanol–water partition coefficient (Wildman–Crippen LogP) is 1.26. The molecule has 8 heteroatoms. The lowest BCUT2D eigenvalue weighted by atomic mass is 10.2. The zero-order valence-electron chi connectivity index (χ0n) is 12.8. The zero-order valence-corrected chi connectivity index (χ0v) is 14.4. The highest BCUT2D eigenvalue weighted by Crippen LogP contribution is 2.27. The molecule has 2 amide bonds. The van der Waals surface area contributed by atoms with Crippen LogP contribution in [0.3, 0.4) is 0 Å². The molecule has 1 atom stereocenters. The number of amides is 2. The second-order valence-corrected chi connectivity index (χ2v) is 9.09. The number of carbonyl (C=O) groups excluding carboxylic acids is 2. The molecule has 0 bridgehead atoms.